The zero-order valence-corrected chi connectivity index (χ0v) is 12.1. The minimum absolute atomic E-state index is 0.561. The zero-order valence-electron chi connectivity index (χ0n) is 12.1. The van der Waals surface area contributed by atoms with Crippen molar-refractivity contribution in [3.05, 3.63) is 0 Å². The molecule has 0 radical (unpaired) electrons. The number of piperidine rings is 1. The van der Waals surface area contributed by atoms with E-state index in [1.165, 1.54) is 38.9 Å². The first-order valence-corrected chi connectivity index (χ1v) is 7.35. The summed E-state index contributed by atoms with van der Waals surface area (Å²) in [5.74, 6) is 0. The first kappa shape index (κ1) is 15.9. The van der Waals surface area contributed by atoms with Crippen LogP contribution in [-0.4, -0.2) is 64.1 Å². The van der Waals surface area contributed by atoms with Gasteiger partial charge in [0, 0.05) is 39.5 Å². The summed E-state index contributed by atoms with van der Waals surface area (Å²) in [6.45, 7) is 9.33. The summed E-state index contributed by atoms with van der Waals surface area (Å²) in [5, 5.41) is 3.52. The van der Waals surface area contributed by atoms with E-state index in [-0.39, 0.29) is 0 Å². The topological polar surface area (TPSA) is 33.7 Å². The predicted octanol–water partition coefficient (Wildman–Crippen LogP) is 1.50. The lowest BCUT2D eigenvalue weighted by molar-refractivity contribution is 0.102. The first-order chi connectivity index (χ1) is 8.83. The molecule has 0 saturated carbocycles. The maximum Gasteiger partial charge on any atom is 0.0591 e. The Morgan fingerprint density at radius 1 is 1.11 bits per heavy atom. The van der Waals surface area contributed by atoms with Gasteiger partial charge in [0.15, 0.2) is 0 Å². The fraction of sp³-hybridized carbons (Fsp3) is 1.00. The lowest BCUT2D eigenvalue weighted by Gasteiger charge is -2.29. The molecule has 1 N–H and O–H groups in total. The van der Waals surface area contributed by atoms with E-state index in [1.54, 1.807) is 7.11 Å². The minimum atomic E-state index is 0.561. The molecule has 1 aliphatic heterocycles. The molecule has 0 aromatic heterocycles. The first-order valence-electron chi connectivity index (χ1n) is 7.35. The standard InChI is InChI=1S/C14H30N2O2/c1-14(13-16-8-4-3-5-9-16)15-7-12-18-11-6-10-17-2/h14-15H,3-13H2,1-2H3. The molecule has 0 aromatic rings. The average molecular weight is 258 g/mol. The summed E-state index contributed by atoms with van der Waals surface area (Å²) in [6, 6.07) is 0.561. The molecule has 0 amide bonds. The Bertz CT molecular complexity index is 185. The second-order valence-electron chi connectivity index (χ2n) is 5.18. The Morgan fingerprint density at radius 3 is 2.61 bits per heavy atom. The monoisotopic (exact) mass is 258 g/mol. The molecule has 18 heavy (non-hydrogen) atoms. The van der Waals surface area contributed by atoms with Crippen LogP contribution in [0.4, 0.5) is 0 Å². The van der Waals surface area contributed by atoms with Crippen LogP contribution in [0.5, 0.6) is 0 Å². The lowest BCUT2D eigenvalue weighted by atomic mass is 10.1. The van der Waals surface area contributed by atoms with Gasteiger partial charge in [-0.1, -0.05) is 6.42 Å². The number of methoxy groups -OCH3 is 1. The largest absolute Gasteiger partial charge is 0.385 e. The highest BCUT2D eigenvalue weighted by molar-refractivity contribution is 4.70. The minimum Gasteiger partial charge on any atom is -0.385 e. The van der Waals surface area contributed by atoms with Crippen molar-refractivity contribution in [1.29, 1.82) is 0 Å². The van der Waals surface area contributed by atoms with Gasteiger partial charge in [0.05, 0.1) is 6.61 Å². The zero-order chi connectivity index (χ0) is 13.1. The van der Waals surface area contributed by atoms with Crippen molar-refractivity contribution in [3.63, 3.8) is 0 Å². The van der Waals surface area contributed by atoms with Crippen LogP contribution < -0.4 is 5.32 Å². The molecule has 1 heterocycles. The van der Waals surface area contributed by atoms with Gasteiger partial charge in [-0.05, 0) is 39.3 Å². The third kappa shape index (κ3) is 8.03. The van der Waals surface area contributed by atoms with E-state index in [4.69, 9.17) is 9.47 Å². The summed E-state index contributed by atoms with van der Waals surface area (Å²) < 4.78 is 10.5. The van der Waals surface area contributed by atoms with Crippen LogP contribution >= 0.6 is 0 Å². The van der Waals surface area contributed by atoms with Crippen molar-refractivity contribution in [1.82, 2.24) is 10.2 Å². The second-order valence-corrected chi connectivity index (χ2v) is 5.18. The van der Waals surface area contributed by atoms with Crippen LogP contribution in [-0.2, 0) is 9.47 Å². The quantitative estimate of drug-likeness (QED) is 0.602. The van der Waals surface area contributed by atoms with E-state index in [0.717, 1.165) is 32.8 Å². The van der Waals surface area contributed by atoms with Gasteiger partial charge in [0.25, 0.3) is 0 Å². The van der Waals surface area contributed by atoms with Crippen molar-refractivity contribution < 1.29 is 9.47 Å². The Balaban J connectivity index is 1.88. The molecule has 108 valence electrons. The molecule has 4 heteroatoms. The summed E-state index contributed by atoms with van der Waals surface area (Å²) >= 11 is 0. The molecular formula is C14H30N2O2. The molecular weight excluding hydrogens is 228 g/mol. The highest BCUT2D eigenvalue weighted by Crippen LogP contribution is 2.08. The Hall–Kier alpha value is -0.160. The van der Waals surface area contributed by atoms with Gasteiger partial charge >= 0.3 is 0 Å². The van der Waals surface area contributed by atoms with Gasteiger partial charge in [-0.25, -0.2) is 0 Å². The maximum atomic E-state index is 5.52. The van der Waals surface area contributed by atoms with Gasteiger partial charge in [-0.3, -0.25) is 0 Å². The van der Waals surface area contributed by atoms with Crippen LogP contribution in [0, 0.1) is 0 Å². The second kappa shape index (κ2) is 10.7. The molecule has 0 spiro atoms. The van der Waals surface area contributed by atoms with E-state index in [9.17, 15) is 0 Å². The van der Waals surface area contributed by atoms with Crippen LogP contribution in [0.2, 0.25) is 0 Å². The van der Waals surface area contributed by atoms with Gasteiger partial charge < -0.3 is 19.7 Å². The van der Waals surface area contributed by atoms with Crippen LogP contribution in [0.25, 0.3) is 0 Å². The highest BCUT2D eigenvalue weighted by atomic mass is 16.5. The lowest BCUT2D eigenvalue weighted by Crippen LogP contribution is -2.42. The van der Waals surface area contributed by atoms with Gasteiger partial charge in [0.2, 0.25) is 0 Å². The van der Waals surface area contributed by atoms with Gasteiger partial charge in [0.1, 0.15) is 0 Å². The fourth-order valence-corrected chi connectivity index (χ4v) is 2.38. The van der Waals surface area contributed by atoms with Crippen molar-refractivity contribution in [3.8, 4) is 0 Å². The van der Waals surface area contributed by atoms with Crippen LogP contribution in [0.3, 0.4) is 0 Å². The third-order valence-electron chi connectivity index (χ3n) is 3.36. The molecule has 1 atom stereocenters. The smallest absolute Gasteiger partial charge is 0.0591 e. The Kier molecular flexibility index (Phi) is 9.48. The molecule has 1 rings (SSSR count). The normalized spacial score (nSPS) is 19.0. The fourth-order valence-electron chi connectivity index (χ4n) is 2.38. The van der Waals surface area contributed by atoms with E-state index < -0.39 is 0 Å². The van der Waals surface area contributed by atoms with E-state index in [1.807, 2.05) is 0 Å². The van der Waals surface area contributed by atoms with Gasteiger partial charge in [-0.15, -0.1) is 0 Å². The molecule has 0 bridgehead atoms. The molecule has 4 nitrogen and oxygen atoms in total. The van der Waals surface area contributed by atoms with E-state index in [0.29, 0.717) is 6.04 Å². The summed E-state index contributed by atoms with van der Waals surface area (Å²) in [7, 11) is 1.73. The molecule has 1 unspecified atom stereocenters. The molecule has 0 aliphatic carbocycles. The maximum absolute atomic E-state index is 5.52. The highest BCUT2D eigenvalue weighted by Gasteiger charge is 2.12. The number of rotatable bonds is 10. The van der Waals surface area contributed by atoms with Crippen molar-refractivity contribution in [2.75, 3.05) is 53.1 Å². The molecule has 1 saturated heterocycles. The summed E-state index contributed by atoms with van der Waals surface area (Å²) in [5.41, 5.74) is 0. The van der Waals surface area contributed by atoms with Crippen LogP contribution in [0.15, 0.2) is 0 Å². The van der Waals surface area contributed by atoms with Crippen LogP contribution in [0.1, 0.15) is 32.6 Å². The Morgan fingerprint density at radius 2 is 1.89 bits per heavy atom. The molecule has 0 aromatic carbocycles. The summed E-state index contributed by atoms with van der Waals surface area (Å²) in [6.07, 6.45) is 5.14. The van der Waals surface area contributed by atoms with Crippen molar-refractivity contribution in [2.24, 2.45) is 0 Å². The molecule has 1 aliphatic rings. The van der Waals surface area contributed by atoms with Crippen molar-refractivity contribution >= 4 is 0 Å². The number of nitrogens with zero attached hydrogens (tertiary/aromatic N) is 1. The molecule has 1 fully saturated rings. The third-order valence-corrected chi connectivity index (χ3v) is 3.36. The SMILES string of the molecule is COCCCOCCNC(C)CN1CCCCC1. The number of hydrogen-bond donors (Lipinski definition) is 1. The van der Waals surface area contributed by atoms with E-state index >= 15 is 0 Å². The number of likely N-dealkylation sites (tertiary alicyclic amines) is 1. The van der Waals surface area contributed by atoms with Crippen molar-refractivity contribution in [2.45, 2.75) is 38.6 Å². The number of ether oxygens (including phenoxy) is 2. The number of nitrogens with one attached hydrogen (secondary N) is 1. The van der Waals surface area contributed by atoms with E-state index in [2.05, 4.69) is 17.1 Å². The van der Waals surface area contributed by atoms with Gasteiger partial charge in [-0.2, -0.15) is 0 Å². The number of hydrogen-bond acceptors (Lipinski definition) is 4. The summed E-state index contributed by atoms with van der Waals surface area (Å²) in [4.78, 5) is 2.57. The predicted molar refractivity (Wildman–Crippen MR) is 75.1 cm³/mol. The Labute approximate surface area is 112 Å². The average Bonchev–Trinajstić information content (AvgIpc) is 2.39.